The number of aromatic nitrogens is 1. The molecule has 2 heterocycles. The van der Waals surface area contributed by atoms with Gasteiger partial charge in [0.05, 0.1) is 11.6 Å². The summed E-state index contributed by atoms with van der Waals surface area (Å²) < 4.78 is 0. The number of carbonyl (C=O) groups is 2. The highest BCUT2D eigenvalue weighted by atomic mass is 16.4. The van der Waals surface area contributed by atoms with Crippen molar-refractivity contribution in [1.29, 1.82) is 0 Å². The zero-order chi connectivity index (χ0) is 14.7. The number of amides is 1. The average Bonchev–Trinajstić information content (AvgIpc) is 2.46. The van der Waals surface area contributed by atoms with E-state index >= 15 is 0 Å². The van der Waals surface area contributed by atoms with Gasteiger partial charge in [-0.15, -0.1) is 0 Å². The van der Waals surface area contributed by atoms with E-state index in [9.17, 15) is 9.59 Å². The molecule has 2 unspecified atom stereocenters. The van der Waals surface area contributed by atoms with Crippen molar-refractivity contribution in [3.63, 3.8) is 0 Å². The lowest BCUT2D eigenvalue weighted by Crippen LogP contribution is -2.46. The quantitative estimate of drug-likeness (QED) is 0.854. The van der Waals surface area contributed by atoms with Crippen LogP contribution in [-0.2, 0) is 11.3 Å². The number of hydrogen-bond donors (Lipinski definition) is 2. The Morgan fingerprint density at radius 3 is 2.90 bits per heavy atom. The summed E-state index contributed by atoms with van der Waals surface area (Å²) in [6.07, 6.45) is 2.57. The number of aliphatic carboxylic acids is 1. The monoisotopic (exact) mass is 277 g/mol. The van der Waals surface area contributed by atoms with Crippen LogP contribution in [0.3, 0.4) is 0 Å². The molecule has 6 heteroatoms. The van der Waals surface area contributed by atoms with Crippen molar-refractivity contribution in [2.24, 2.45) is 11.7 Å². The average molecular weight is 277 g/mol. The molecule has 0 aliphatic carbocycles. The Bertz CT molecular complexity index is 518. The number of pyridine rings is 1. The van der Waals surface area contributed by atoms with E-state index in [1.165, 1.54) is 0 Å². The molecule has 1 aliphatic rings. The van der Waals surface area contributed by atoms with Gasteiger partial charge in [0.15, 0.2) is 0 Å². The molecule has 3 N–H and O–H groups in total. The fourth-order valence-electron chi connectivity index (χ4n) is 2.59. The molecule has 0 spiro atoms. The van der Waals surface area contributed by atoms with Crippen molar-refractivity contribution in [2.45, 2.75) is 32.4 Å². The third-order valence-corrected chi connectivity index (χ3v) is 3.76. The Labute approximate surface area is 117 Å². The van der Waals surface area contributed by atoms with E-state index in [0.717, 1.165) is 0 Å². The summed E-state index contributed by atoms with van der Waals surface area (Å²) in [7, 11) is 0. The maximum atomic E-state index is 12.5. The van der Waals surface area contributed by atoms with Crippen molar-refractivity contribution >= 4 is 11.9 Å². The fourth-order valence-corrected chi connectivity index (χ4v) is 2.59. The second-order valence-electron chi connectivity index (χ2n) is 5.15. The van der Waals surface area contributed by atoms with Gasteiger partial charge in [-0.05, 0) is 31.9 Å². The first kappa shape index (κ1) is 14.5. The van der Waals surface area contributed by atoms with Crippen molar-refractivity contribution in [3.8, 4) is 0 Å². The molecule has 1 saturated heterocycles. The molecule has 2 rings (SSSR count). The topological polar surface area (TPSA) is 96.5 Å². The highest BCUT2D eigenvalue weighted by Gasteiger charge is 2.32. The van der Waals surface area contributed by atoms with E-state index < -0.39 is 5.97 Å². The molecule has 1 aromatic rings. The SMILES string of the molecule is CC1CC(C(=O)O)CCN1C(=O)c1ccnc(CN)c1. The number of carboxylic acid groups (broad SMARTS) is 1. The van der Waals surface area contributed by atoms with Crippen molar-refractivity contribution in [2.75, 3.05) is 6.54 Å². The van der Waals surface area contributed by atoms with Gasteiger partial charge in [-0.3, -0.25) is 14.6 Å². The van der Waals surface area contributed by atoms with Crippen LogP contribution in [0.1, 0.15) is 35.8 Å². The first-order valence-electron chi connectivity index (χ1n) is 6.71. The van der Waals surface area contributed by atoms with Gasteiger partial charge >= 0.3 is 5.97 Å². The van der Waals surface area contributed by atoms with Gasteiger partial charge in [0.25, 0.3) is 5.91 Å². The second kappa shape index (κ2) is 6.00. The highest BCUT2D eigenvalue weighted by molar-refractivity contribution is 5.94. The molecule has 1 aliphatic heterocycles. The Balaban J connectivity index is 2.11. The number of piperidine rings is 1. The van der Waals surface area contributed by atoms with Gasteiger partial charge < -0.3 is 15.7 Å². The lowest BCUT2D eigenvalue weighted by molar-refractivity contribution is -0.143. The zero-order valence-corrected chi connectivity index (χ0v) is 11.5. The van der Waals surface area contributed by atoms with E-state index in [2.05, 4.69) is 4.98 Å². The van der Waals surface area contributed by atoms with Gasteiger partial charge in [-0.25, -0.2) is 0 Å². The number of nitrogens with zero attached hydrogens (tertiary/aromatic N) is 2. The van der Waals surface area contributed by atoms with Crippen LogP contribution in [0.5, 0.6) is 0 Å². The molecule has 1 amide bonds. The smallest absolute Gasteiger partial charge is 0.306 e. The minimum Gasteiger partial charge on any atom is -0.481 e. The maximum Gasteiger partial charge on any atom is 0.306 e. The summed E-state index contributed by atoms with van der Waals surface area (Å²) >= 11 is 0. The van der Waals surface area contributed by atoms with Crippen molar-refractivity contribution < 1.29 is 14.7 Å². The molecule has 2 atom stereocenters. The number of hydrogen-bond acceptors (Lipinski definition) is 4. The van der Waals surface area contributed by atoms with E-state index in [1.807, 2.05) is 6.92 Å². The molecule has 0 aromatic carbocycles. The fraction of sp³-hybridized carbons (Fsp3) is 0.500. The molecule has 108 valence electrons. The van der Waals surface area contributed by atoms with Gasteiger partial charge in [0, 0.05) is 30.9 Å². The minimum absolute atomic E-state index is 0.0770. The second-order valence-corrected chi connectivity index (χ2v) is 5.15. The number of carbonyl (C=O) groups excluding carboxylic acids is 1. The van der Waals surface area contributed by atoms with E-state index in [1.54, 1.807) is 23.2 Å². The third-order valence-electron chi connectivity index (χ3n) is 3.76. The lowest BCUT2D eigenvalue weighted by atomic mass is 9.91. The van der Waals surface area contributed by atoms with Crippen LogP contribution in [-0.4, -0.2) is 39.5 Å². The van der Waals surface area contributed by atoms with Crippen LogP contribution in [0.2, 0.25) is 0 Å². The predicted octanol–water partition coefficient (Wildman–Crippen LogP) is 0.866. The van der Waals surface area contributed by atoms with Crippen LogP contribution in [0, 0.1) is 5.92 Å². The summed E-state index contributed by atoms with van der Waals surface area (Å²) in [6.45, 7) is 2.65. The summed E-state index contributed by atoms with van der Waals surface area (Å²) in [6, 6.07) is 3.28. The lowest BCUT2D eigenvalue weighted by Gasteiger charge is -2.36. The van der Waals surface area contributed by atoms with Crippen molar-refractivity contribution in [1.82, 2.24) is 9.88 Å². The molecule has 1 fully saturated rings. The molecule has 20 heavy (non-hydrogen) atoms. The van der Waals surface area contributed by atoms with Crippen molar-refractivity contribution in [3.05, 3.63) is 29.6 Å². The van der Waals surface area contributed by atoms with Gasteiger partial charge in [-0.2, -0.15) is 0 Å². The van der Waals surface area contributed by atoms with Crippen LogP contribution in [0.15, 0.2) is 18.3 Å². The molecule has 6 nitrogen and oxygen atoms in total. The summed E-state index contributed by atoms with van der Waals surface area (Å²) in [5, 5.41) is 9.04. The molecule has 0 saturated carbocycles. The Hall–Kier alpha value is -1.95. The first-order valence-corrected chi connectivity index (χ1v) is 6.71. The van der Waals surface area contributed by atoms with E-state index in [4.69, 9.17) is 10.8 Å². The predicted molar refractivity (Wildman–Crippen MR) is 73.0 cm³/mol. The molecular formula is C14H19N3O3. The minimum atomic E-state index is -0.779. The first-order chi connectivity index (χ1) is 9.52. The van der Waals surface area contributed by atoms with Gasteiger partial charge in [-0.1, -0.05) is 0 Å². The summed E-state index contributed by atoms with van der Waals surface area (Å²) in [4.78, 5) is 29.3. The van der Waals surface area contributed by atoms with Crippen LogP contribution >= 0.6 is 0 Å². The van der Waals surface area contributed by atoms with Gasteiger partial charge in [0.1, 0.15) is 0 Å². The molecule has 1 aromatic heterocycles. The van der Waals surface area contributed by atoms with Crippen LogP contribution in [0.4, 0.5) is 0 Å². The van der Waals surface area contributed by atoms with E-state index in [0.29, 0.717) is 30.6 Å². The molecule has 0 bridgehead atoms. The number of rotatable bonds is 3. The van der Waals surface area contributed by atoms with Crippen LogP contribution < -0.4 is 5.73 Å². The highest BCUT2D eigenvalue weighted by Crippen LogP contribution is 2.24. The summed E-state index contributed by atoms with van der Waals surface area (Å²) in [5.74, 6) is -1.22. The Morgan fingerprint density at radius 1 is 1.55 bits per heavy atom. The number of carboxylic acids is 1. The molecule has 0 radical (unpaired) electrons. The van der Waals surface area contributed by atoms with E-state index in [-0.39, 0.29) is 24.4 Å². The Morgan fingerprint density at radius 2 is 2.30 bits per heavy atom. The molecular weight excluding hydrogens is 258 g/mol. The maximum absolute atomic E-state index is 12.5. The third kappa shape index (κ3) is 2.96. The Kier molecular flexibility index (Phi) is 4.34. The normalized spacial score (nSPS) is 22.6. The standard InChI is InChI=1S/C14H19N3O3/c1-9-6-11(14(19)20)3-5-17(9)13(18)10-2-4-16-12(7-10)8-15/h2,4,7,9,11H,3,5-6,8,15H2,1H3,(H,19,20). The number of nitrogens with two attached hydrogens (primary N) is 1. The van der Waals surface area contributed by atoms with Crippen LogP contribution in [0.25, 0.3) is 0 Å². The largest absolute Gasteiger partial charge is 0.481 e. The summed E-state index contributed by atoms with van der Waals surface area (Å²) in [5.41, 5.74) is 6.75. The number of likely N-dealkylation sites (tertiary alicyclic amines) is 1. The zero-order valence-electron chi connectivity index (χ0n) is 11.5. The van der Waals surface area contributed by atoms with Gasteiger partial charge in [0.2, 0.25) is 0 Å².